The fourth-order valence-corrected chi connectivity index (χ4v) is 2.21. The van der Waals surface area contributed by atoms with Crippen molar-refractivity contribution in [3.8, 4) is 5.75 Å². The van der Waals surface area contributed by atoms with Crippen LogP contribution >= 0.6 is 0 Å². The van der Waals surface area contributed by atoms with Gasteiger partial charge in [-0.25, -0.2) is 13.2 Å². The maximum absolute atomic E-state index is 11.8. The molecule has 0 aromatic heterocycles. The molecule has 0 bridgehead atoms. The number of benzene rings is 1. The lowest BCUT2D eigenvalue weighted by molar-refractivity contribution is 0.0528. The molecule has 0 atom stereocenters. The van der Waals surface area contributed by atoms with Crippen LogP contribution in [-0.2, 0) is 14.6 Å². The molecule has 0 aliphatic rings. The Morgan fingerprint density at radius 2 is 1.95 bits per heavy atom. The van der Waals surface area contributed by atoms with Gasteiger partial charge in [-0.3, -0.25) is 0 Å². The van der Waals surface area contributed by atoms with Gasteiger partial charge in [-0.2, -0.15) is 0 Å². The van der Waals surface area contributed by atoms with Crippen LogP contribution in [0.2, 0.25) is 0 Å². The number of hydrogen-bond acceptors (Lipinski definition) is 6. The molecule has 2 N–H and O–H groups in total. The molecule has 0 saturated carbocycles. The summed E-state index contributed by atoms with van der Waals surface area (Å²) in [5, 5.41) is -0.492. The van der Waals surface area contributed by atoms with Crippen molar-refractivity contribution in [3.05, 3.63) is 23.8 Å². The number of sulfone groups is 1. The molecule has 0 amide bonds. The highest BCUT2D eigenvalue weighted by atomic mass is 32.2. The fraction of sp³-hybridized carbons (Fsp3) is 0.462. The minimum absolute atomic E-state index is 0.184. The lowest BCUT2D eigenvalue weighted by Gasteiger charge is -2.09. The van der Waals surface area contributed by atoms with E-state index in [4.69, 9.17) is 15.2 Å². The van der Waals surface area contributed by atoms with E-state index in [1.807, 2.05) is 0 Å². The van der Waals surface area contributed by atoms with Crippen LogP contribution < -0.4 is 10.5 Å². The van der Waals surface area contributed by atoms with E-state index in [2.05, 4.69) is 0 Å². The second-order valence-electron chi connectivity index (χ2n) is 4.55. The van der Waals surface area contributed by atoms with Crippen molar-refractivity contribution < 1.29 is 22.7 Å². The van der Waals surface area contributed by atoms with E-state index in [0.29, 0.717) is 11.4 Å². The molecule has 112 valence electrons. The maximum Gasteiger partial charge on any atom is 0.338 e. The topological polar surface area (TPSA) is 95.7 Å². The van der Waals surface area contributed by atoms with Crippen LogP contribution in [-0.4, -0.2) is 39.1 Å². The first-order valence-corrected chi connectivity index (χ1v) is 7.81. The molecule has 20 heavy (non-hydrogen) atoms. The Morgan fingerprint density at radius 3 is 2.50 bits per heavy atom. The SMILES string of the molecule is COc1cc(N)cc(C(=O)OCCS(=O)(=O)C(C)C)c1. The molecule has 1 aromatic rings. The highest BCUT2D eigenvalue weighted by Gasteiger charge is 2.17. The predicted octanol–water partition coefficient (Wildman–Crippen LogP) is 1.26. The number of anilines is 1. The lowest BCUT2D eigenvalue weighted by Crippen LogP contribution is -2.22. The molecule has 1 rings (SSSR count). The zero-order valence-electron chi connectivity index (χ0n) is 11.8. The minimum atomic E-state index is -3.22. The van der Waals surface area contributed by atoms with E-state index in [1.54, 1.807) is 19.9 Å². The highest BCUT2D eigenvalue weighted by molar-refractivity contribution is 7.91. The monoisotopic (exact) mass is 301 g/mol. The summed E-state index contributed by atoms with van der Waals surface area (Å²) in [4.78, 5) is 11.8. The molecule has 6 nitrogen and oxygen atoms in total. The average molecular weight is 301 g/mol. The summed E-state index contributed by atoms with van der Waals surface area (Å²) >= 11 is 0. The van der Waals surface area contributed by atoms with Crippen molar-refractivity contribution in [3.63, 3.8) is 0 Å². The van der Waals surface area contributed by atoms with Crippen molar-refractivity contribution in [2.24, 2.45) is 0 Å². The zero-order chi connectivity index (χ0) is 15.3. The Bertz CT molecular complexity index is 580. The smallest absolute Gasteiger partial charge is 0.338 e. The van der Waals surface area contributed by atoms with Gasteiger partial charge in [0.15, 0.2) is 9.84 Å². The third-order valence-corrected chi connectivity index (χ3v) is 4.89. The minimum Gasteiger partial charge on any atom is -0.497 e. The average Bonchev–Trinajstić information content (AvgIpc) is 2.37. The standard InChI is InChI=1S/C13H19NO5S/c1-9(2)20(16,17)5-4-19-13(15)10-6-11(14)8-12(7-10)18-3/h6-9H,4-5,14H2,1-3H3. The second-order valence-corrected chi connectivity index (χ2v) is 7.22. The summed E-state index contributed by atoms with van der Waals surface area (Å²) in [6.45, 7) is 2.98. The van der Waals surface area contributed by atoms with Gasteiger partial charge in [0.2, 0.25) is 0 Å². The number of hydrogen-bond donors (Lipinski definition) is 1. The quantitative estimate of drug-likeness (QED) is 0.627. The van der Waals surface area contributed by atoms with E-state index in [1.165, 1.54) is 19.2 Å². The van der Waals surface area contributed by atoms with Gasteiger partial charge in [0.25, 0.3) is 0 Å². The Balaban J connectivity index is 2.66. The third-order valence-electron chi connectivity index (χ3n) is 2.72. The van der Waals surface area contributed by atoms with Crippen molar-refractivity contribution in [2.45, 2.75) is 19.1 Å². The molecular weight excluding hydrogens is 282 g/mol. The van der Waals surface area contributed by atoms with Crippen LogP contribution in [0.5, 0.6) is 5.75 Å². The van der Waals surface area contributed by atoms with Crippen LogP contribution in [0.15, 0.2) is 18.2 Å². The number of carbonyl (C=O) groups is 1. The van der Waals surface area contributed by atoms with E-state index in [-0.39, 0.29) is 17.9 Å². The lowest BCUT2D eigenvalue weighted by atomic mass is 10.2. The van der Waals surface area contributed by atoms with Gasteiger partial charge >= 0.3 is 5.97 Å². The van der Waals surface area contributed by atoms with Gasteiger partial charge in [-0.05, 0) is 26.0 Å². The normalized spacial score (nSPS) is 11.4. The summed E-state index contributed by atoms with van der Waals surface area (Å²) in [7, 11) is -1.77. The van der Waals surface area contributed by atoms with Gasteiger partial charge in [0.1, 0.15) is 12.4 Å². The number of nitrogen functional groups attached to an aromatic ring is 1. The third kappa shape index (κ3) is 4.41. The molecule has 0 saturated heterocycles. The fourth-order valence-electron chi connectivity index (χ4n) is 1.43. The van der Waals surface area contributed by atoms with Gasteiger partial charge in [0, 0.05) is 11.8 Å². The molecule has 7 heteroatoms. The zero-order valence-corrected chi connectivity index (χ0v) is 12.6. The number of carbonyl (C=O) groups excluding carboxylic acids is 1. The number of methoxy groups -OCH3 is 1. The van der Waals surface area contributed by atoms with E-state index in [0.717, 1.165) is 0 Å². The first-order chi connectivity index (χ1) is 9.26. The van der Waals surface area contributed by atoms with Crippen LogP contribution in [0.25, 0.3) is 0 Å². The van der Waals surface area contributed by atoms with Crippen molar-refractivity contribution in [1.29, 1.82) is 0 Å². The summed E-state index contributed by atoms with van der Waals surface area (Å²) in [6, 6.07) is 4.50. The van der Waals surface area contributed by atoms with Gasteiger partial charge in [-0.15, -0.1) is 0 Å². The van der Waals surface area contributed by atoms with Crippen LogP contribution in [0.1, 0.15) is 24.2 Å². The molecule has 0 heterocycles. The molecule has 0 unspecified atom stereocenters. The summed E-state index contributed by atoms with van der Waals surface area (Å²) in [5.41, 5.74) is 6.22. The Hall–Kier alpha value is -1.76. The summed E-state index contributed by atoms with van der Waals surface area (Å²) < 4.78 is 33.1. The maximum atomic E-state index is 11.8. The highest BCUT2D eigenvalue weighted by Crippen LogP contribution is 2.19. The molecule has 0 radical (unpaired) electrons. The van der Waals surface area contributed by atoms with Crippen molar-refractivity contribution in [1.82, 2.24) is 0 Å². The number of rotatable bonds is 6. The molecule has 0 fully saturated rings. The Labute approximate surface area is 118 Å². The number of esters is 1. The van der Waals surface area contributed by atoms with Crippen molar-refractivity contribution >= 4 is 21.5 Å². The van der Waals surface area contributed by atoms with Gasteiger partial charge < -0.3 is 15.2 Å². The van der Waals surface area contributed by atoms with Gasteiger partial charge in [-0.1, -0.05) is 0 Å². The largest absolute Gasteiger partial charge is 0.497 e. The Morgan fingerprint density at radius 1 is 1.30 bits per heavy atom. The first-order valence-electron chi connectivity index (χ1n) is 6.09. The molecule has 0 aliphatic heterocycles. The molecular formula is C13H19NO5S. The summed E-state index contributed by atoms with van der Waals surface area (Å²) in [5.74, 6) is -0.392. The summed E-state index contributed by atoms with van der Waals surface area (Å²) in [6.07, 6.45) is 0. The number of nitrogens with two attached hydrogens (primary N) is 1. The van der Waals surface area contributed by atoms with E-state index < -0.39 is 21.1 Å². The molecule has 1 aromatic carbocycles. The Kier molecular flexibility index (Phi) is 5.38. The van der Waals surface area contributed by atoms with Crippen LogP contribution in [0.4, 0.5) is 5.69 Å². The van der Waals surface area contributed by atoms with Gasteiger partial charge in [0.05, 0.1) is 23.7 Å². The van der Waals surface area contributed by atoms with Crippen LogP contribution in [0.3, 0.4) is 0 Å². The van der Waals surface area contributed by atoms with Crippen LogP contribution in [0, 0.1) is 0 Å². The van der Waals surface area contributed by atoms with Crippen molar-refractivity contribution in [2.75, 3.05) is 25.2 Å². The number of ether oxygens (including phenoxy) is 2. The predicted molar refractivity (Wildman–Crippen MR) is 76.6 cm³/mol. The second kappa shape index (κ2) is 6.60. The first kappa shape index (κ1) is 16.3. The molecule has 0 spiro atoms. The van der Waals surface area contributed by atoms with E-state index in [9.17, 15) is 13.2 Å². The molecule has 0 aliphatic carbocycles. The van der Waals surface area contributed by atoms with E-state index >= 15 is 0 Å².